The molecule has 134 valence electrons. The number of aliphatic hydroxyl groups excluding tert-OH is 1. The van der Waals surface area contributed by atoms with Crippen molar-refractivity contribution < 1.29 is 19.4 Å². The first-order valence-electron chi connectivity index (χ1n) is 8.43. The molecule has 2 rings (SSSR count). The van der Waals surface area contributed by atoms with Gasteiger partial charge in [0.25, 0.3) is 0 Å². The van der Waals surface area contributed by atoms with Crippen LogP contribution in [-0.2, 0) is 9.53 Å². The van der Waals surface area contributed by atoms with Gasteiger partial charge in [-0.15, -0.1) is 0 Å². The molecule has 1 aliphatic carbocycles. The van der Waals surface area contributed by atoms with E-state index in [4.69, 9.17) is 21.1 Å². The minimum Gasteiger partial charge on any atom is -0.490 e. The van der Waals surface area contributed by atoms with Crippen LogP contribution in [0.4, 0.5) is 0 Å². The van der Waals surface area contributed by atoms with Crippen molar-refractivity contribution in [3.8, 4) is 5.75 Å². The van der Waals surface area contributed by atoms with Crippen molar-refractivity contribution in [2.75, 3.05) is 26.8 Å². The molecule has 5 nitrogen and oxygen atoms in total. The number of ether oxygens (including phenoxy) is 2. The van der Waals surface area contributed by atoms with Crippen molar-refractivity contribution in [3.05, 3.63) is 29.3 Å². The van der Waals surface area contributed by atoms with Crippen LogP contribution in [-0.4, -0.2) is 54.9 Å². The van der Waals surface area contributed by atoms with Crippen molar-refractivity contribution in [1.82, 2.24) is 4.90 Å². The predicted molar refractivity (Wildman–Crippen MR) is 93.3 cm³/mol. The average molecular weight is 356 g/mol. The van der Waals surface area contributed by atoms with Crippen LogP contribution in [0.3, 0.4) is 0 Å². The largest absolute Gasteiger partial charge is 0.490 e. The molecule has 0 saturated heterocycles. The van der Waals surface area contributed by atoms with E-state index in [0.717, 1.165) is 0 Å². The first-order chi connectivity index (χ1) is 11.6. The summed E-state index contributed by atoms with van der Waals surface area (Å²) in [5, 5.41) is 10.4. The summed E-state index contributed by atoms with van der Waals surface area (Å²) in [4.78, 5) is 14.5. The number of carbonyl (C=O) groups excluding carboxylic acids is 1. The van der Waals surface area contributed by atoms with E-state index in [1.165, 1.54) is 0 Å². The summed E-state index contributed by atoms with van der Waals surface area (Å²) in [6.45, 7) is 3.49. The van der Waals surface area contributed by atoms with E-state index in [1.54, 1.807) is 18.1 Å². The first-order valence-corrected chi connectivity index (χ1v) is 8.81. The van der Waals surface area contributed by atoms with Gasteiger partial charge in [0.05, 0.1) is 23.8 Å². The van der Waals surface area contributed by atoms with E-state index in [-0.39, 0.29) is 17.9 Å². The lowest BCUT2D eigenvalue weighted by Gasteiger charge is -2.34. The molecule has 1 fully saturated rings. The summed E-state index contributed by atoms with van der Waals surface area (Å²) < 4.78 is 11.0. The highest BCUT2D eigenvalue weighted by Gasteiger charge is 2.34. The Morgan fingerprint density at radius 3 is 2.79 bits per heavy atom. The lowest BCUT2D eigenvalue weighted by Crippen LogP contribution is -2.44. The van der Waals surface area contributed by atoms with E-state index >= 15 is 0 Å². The van der Waals surface area contributed by atoms with Gasteiger partial charge in [0, 0.05) is 19.6 Å². The van der Waals surface area contributed by atoms with Gasteiger partial charge in [-0.05, 0) is 38.3 Å². The molecule has 0 aliphatic heterocycles. The number of hydrogen-bond donors (Lipinski definition) is 1. The summed E-state index contributed by atoms with van der Waals surface area (Å²) in [5.74, 6) is 0.635. The zero-order chi connectivity index (χ0) is 17.5. The second-order valence-corrected chi connectivity index (χ2v) is 6.46. The maximum atomic E-state index is 12.7. The van der Waals surface area contributed by atoms with E-state index < -0.39 is 6.10 Å². The van der Waals surface area contributed by atoms with E-state index in [9.17, 15) is 9.90 Å². The monoisotopic (exact) mass is 355 g/mol. The lowest BCUT2D eigenvalue weighted by atomic mass is 9.84. The highest BCUT2D eigenvalue weighted by atomic mass is 35.5. The van der Waals surface area contributed by atoms with Gasteiger partial charge in [-0.3, -0.25) is 4.79 Å². The number of methoxy groups -OCH3 is 1. The Labute approximate surface area is 148 Å². The normalized spacial score (nSPS) is 23.8. The fraction of sp³-hybridized carbons (Fsp3) is 0.611. The number of halogens is 1. The summed E-state index contributed by atoms with van der Waals surface area (Å²) in [6.07, 6.45) is 1.13. The maximum Gasteiger partial charge on any atom is 0.225 e. The fourth-order valence-electron chi connectivity index (χ4n) is 3.10. The third-order valence-electron chi connectivity index (χ3n) is 4.56. The quantitative estimate of drug-likeness (QED) is 0.817. The number of rotatable bonds is 7. The molecule has 3 atom stereocenters. The number of nitrogens with zero attached hydrogens (tertiary/aromatic N) is 1. The van der Waals surface area contributed by atoms with Crippen LogP contribution in [0.5, 0.6) is 5.75 Å². The van der Waals surface area contributed by atoms with Crippen LogP contribution in [0.15, 0.2) is 24.3 Å². The van der Waals surface area contributed by atoms with Crippen molar-refractivity contribution in [2.24, 2.45) is 5.92 Å². The number of para-hydroxylation sites is 1. The first kappa shape index (κ1) is 19.0. The minimum atomic E-state index is -0.474. The minimum absolute atomic E-state index is 0.0985. The Kier molecular flexibility index (Phi) is 7.34. The molecule has 1 aliphatic rings. The van der Waals surface area contributed by atoms with Gasteiger partial charge in [0.1, 0.15) is 12.4 Å². The maximum absolute atomic E-state index is 12.7. The molecule has 0 spiro atoms. The Hall–Kier alpha value is -1.30. The molecule has 0 radical (unpaired) electrons. The lowest BCUT2D eigenvalue weighted by molar-refractivity contribution is -0.141. The molecule has 0 heterocycles. The molecule has 1 aromatic rings. The van der Waals surface area contributed by atoms with Crippen molar-refractivity contribution in [1.29, 1.82) is 0 Å². The van der Waals surface area contributed by atoms with Crippen LogP contribution >= 0.6 is 11.6 Å². The molecule has 1 amide bonds. The van der Waals surface area contributed by atoms with Crippen LogP contribution in [0.25, 0.3) is 0 Å². The standard InChI is InChI=1S/C18H26ClNO4/c1-3-20(10-11-24-16-7-5-4-6-14(16)19)18(22)13-8-9-15(21)17(12-13)23-2/h4-7,13,15,17,21H,3,8-12H2,1-2H3/t13-,15+,17-/m1/s1. The van der Waals surface area contributed by atoms with Gasteiger partial charge >= 0.3 is 0 Å². The molecule has 1 N–H and O–H groups in total. The average Bonchev–Trinajstić information content (AvgIpc) is 2.60. The number of likely N-dealkylation sites (N-methyl/N-ethyl adjacent to an activating group) is 1. The highest BCUT2D eigenvalue weighted by Crippen LogP contribution is 2.28. The smallest absolute Gasteiger partial charge is 0.225 e. The van der Waals surface area contributed by atoms with E-state index in [0.29, 0.717) is 49.7 Å². The summed E-state index contributed by atoms with van der Waals surface area (Å²) in [6, 6.07) is 7.30. The van der Waals surface area contributed by atoms with Crippen molar-refractivity contribution in [2.45, 2.75) is 38.4 Å². The fourth-order valence-corrected chi connectivity index (χ4v) is 3.29. The van der Waals surface area contributed by atoms with Gasteiger partial charge < -0.3 is 19.5 Å². The summed E-state index contributed by atoms with van der Waals surface area (Å²) in [7, 11) is 1.58. The molecule has 0 bridgehead atoms. The molecule has 24 heavy (non-hydrogen) atoms. The molecule has 1 saturated carbocycles. The van der Waals surface area contributed by atoms with Crippen molar-refractivity contribution >= 4 is 17.5 Å². The zero-order valence-corrected chi connectivity index (χ0v) is 15.0. The Morgan fingerprint density at radius 2 is 2.12 bits per heavy atom. The number of benzene rings is 1. The van der Waals surface area contributed by atoms with Crippen LogP contribution in [0.1, 0.15) is 26.2 Å². The topological polar surface area (TPSA) is 59.0 Å². The van der Waals surface area contributed by atoms with Gasteiger partial charge in [-0.2, -0.15) is 0 Å². The number of hydrogen-bond acceptors (Lipinski definition) is 4. The van der Waals surface area contributed by atoms with Crippen LogP contribution in [0.2, 0.25) is 5.02 Å². The Bertz CT molecular complexity index is 540. The van der Waals surface area contributed by atoms with Gasteiger partial charge in [-0.1, -0.05) is 23.7 Å². The Morgan fingerprint density at radius 1 is 1.38 bits per heavy atom. The summed E-state index contributed by atoms with van der Waals surface area (Å²) in [5.41, 5.74) is 0. The second kappa shape index (κ2) is 9.25. The van der Waals surface area contributed by atoms with Gasteiger partial charge in [0.15, 0.2) is 0 Å². The van der Waals surface area contributed by atoms with Gasteiger partial charge in [0.2, 0.25) is 5.91 Å². The second-order valence-electron chi connectivity index (χ2n) is 6.05. The molecule has 0 unspecified atom stereocenters. The third kappa shape index (κ3) is 4.85. The Balaban J connectivity index is 1.86. The highest BCUT2D eigenvalue weighted by molar-refractivity contribution is 6.32. The zero-order valence-electron chi connectivity index (χ0n) is 14.3. The number of aliphatic hydroxyl groups is 1. The van der Waals surface area contributed by atoms with Crippen LogP contribution in [0, 0.1) is 5.92 Å². The van der Waals surface area contributed by atoms with Crippen molar-refractivity contribution in [3.63, 3.8) is 0 Å². The molecule has 0 aromatic heterocycles. The third-order valence-corrected chi connectivity index (χ3v) is 4.87. The molecule has 1 aromatic carbocycles. The molecule has 6 heteroatoms. The molecular weight excluding hydrogens is 330 g/mol. The van der Waals surface area contributed by atoms with Gasteiger partial charge in [-0.25, -0.2) is 0 Å². The summed E-state index contributed by atoms with van der Waals surface area (Å²) >= 11 is 6.06. The number of carbonyl (C=O) groups is 1. The SMILES string of the molecule is CCN(CCOc1ccccc1Cl)C(=O)[C@@H]1CC[C@H](O)[C@H](OC)C1. The van der Waals surface area contributed by atoms with E-state index in [1.807, 2.05) is 25.1 Å². The predicted octanol–water partition coefficient (Wildman–Crippen LogP) is 2.74. The van der Waals surface area contributed by atoms with Crippen LogP contribution < -0.4 is 4.74 Å². The van der Waals surface area contributed by atoms with E-state index in [2.05, 4.69) is 0 Å². The number of amides is 1. The molecular formula is C18H26ClNO4.